The zero-order chi connectivity index (χ0) is 24.7. The Hall–Kier alpha value is -3.87. The fourth-order valence-corrected chi connectivity index (χ4v) is 3.91. The summed E-state index contributed by atoms with van der Waals surface area (Å²) < 4.78 is 10.5. The highest BCUT2D eigenvalue weighted by Crippen LogP contribution is 2.33. The van der Waals surface area contributed by atoms with E-state index in [9.17, 15) is 14.4 Å². The maximum absolute atomic E-state index is 13.6. The van der Waals surface area contributed by atoms with Gasteiger partial charge in [-0.1, -0.05) is 62.4 Å². The molecule has 2 atom stereocenters. The SMILES string of the molecule is COC(=O)[C@H](CC(C)C)NC(=O)C(NC(=O)c1ccccc1)c1c(OC)ccc2ccccc12. The average molecular weight is 463 g/mol. The summed E-state index contributed by atoms with van der Waals surface area (Å²) in [4.78, 5) is 39.1. The van der Waals surface area contributed by atoms with Gasteiger partial charge in [-0.25, -0.2) is 4.79 Å². The van der Waals surface area contributed by atoms with Crippen molar-refractivity contribution in [1.29, 1.82) is 0 Å². The maximum atomic E-state index is 13.6. The summed E-state index contributed by atoms with van der Waals surface area (Å²) in [5, 5.41) is 7.28. The molecule has 3 aromatic carbocycles. The van der Waals surface area contributed by atoms with E-state index in [1.165, 1.54) is 14.2 Å². The highest BCUT2D eigenvalue weighted by Gasteiger charge is 2.32. The van der Waals surface area contributed by atoms with Crippen molar-refractivity contribution in [3.8, 4) is 5.75 Å². The first-order chi connectivity index (χ1) is 16.3. The summed E-state index contributed by atoms with van der Waals surface area (Å²) in [7, 11) is 2.79. The fraction of sp³-hybridized carbons (Fsp3) is 0.296. The van der Waals surface area contributed by atoms with Gasteiger partial charge >= 0.3 is 5.97 Å². The molecule has 1 unspecified atom stereocenters. The van der Waals surface area contributed by atoms with Crippen LogP contribution in [-0.2, 0) is 14.3 Å². The van der Waals surface area contributed by atoms with Gasteiger partial charge in [0.05, 0.1) is 14.2 Å². The molecule has 34 heavy (non-hydrogen) atoms. The summed E-state index contributed by atoms with van der Waals surface area (Å²) in [5.74, 6) is -0.913. The van der Waals surface area contributed by atoms with Crippen LogP contribution in [-0.4, -0.2) is 38.0 Å². The molecule has 0 aliphatic heterocycles. The van der Waals surface area contributed by atoms with Gasteiger partial charge in [0.2, 0.25) is 5.91 Å². The van der Waals surface area contributed by atoms with Gasteiger partial charge in [-0.2, -0.15) is 0 Å². The van der Waals surface area contributed by atoms with Crippen molar-refractivity contribution in [3.63, 3.8) is 0 Å². The molecule has 3 aromatic rings. The Morgan fingerprint density at radius 2 is 1.53 bits per heavy atom. The van der Waals surface area contributed by atoms with Crippen LogP contribution in [0.1, 0.15) is 42.2 Å². The molecule has 0 heterocycles. The van der Waals surface area contributed by atoms with Crippen LogP contribution in [0.15, 0.2) is 66.7 Å². The summed E-state index contributed by atoms with van der Waals surface area (Å²) in [6.45, 7) is 3.90. The Morgan fingerprint density at radius 1 is 0.853 bits per heavy atom. The molecular formula is C27H30N2O5. The lowest BCUT2D eigenvalue weighted by Crippen LogP contribution is -2.48. The van der Waals surface area contributed by atoms with E-state index in [-0.39, 0.29) is 5.92 Å². The maximum Gasteiger partial charge on any atom is 0.328 e. The first-order valence-corrected chi connectivity index (χ1v) is 11.2. The van der Waals surface area contributed by atoms with Crippen LogP contribution >= 0.6 is 0 Å². The van der Waals surface area contributed by atoms with Crippen molar-refractivity contribution in [2.75, 3.05) is 14.2 Å². The monoisotopic (exact) mass is 462 g/mol. The lowest BCUT2D eigenvalue weighted by atomic mass is 9.95. The third kappa shape index (κ3) is 5.73. The molecule has 7 nitrogen and oxygen atoms in total. The number of benzene rings is 3. The highest BCUT2D eigenvalue weighted by atomic mass is 16.5. The minimum Gasteiger partial charge on any atom is -0.496 e. The molecule has 2 N–H and O–H groups in total. The third-order valence-corrected chi connectivity index (χ3v) is 5.52. The van der Waals surface area contributed by atoms with Crippen molar-refractivity contribution in [2.24, 2.45) is 5.92 Å². The number of ether oxygens (including phenoxy) is 2. The highest BCUT2D eigenvalue weighted by molar-refractivity contribution is 6.01. The summed E-state index contributed by atoms with van der Waals surface area (Å²) >= 11 is 0. The first-order valence-electron chi connectivity index (χ1n) is 11.2. The topological polar surface area (TPSA) is 93.7 Å². The molecule has 0 fully saturated rings. The van der Waals surface area contributed by atoms with Gasteiger partial charge in [-0.3, -0.25) is 9.59 Å². The van der Waals surface area contributed by atoms with Gasteiger partial charge in [0, 0.05) is 11.1 Å². The van der Waals surface area contributed by atoms with E-state index in [2.05, 4.69) is 10.6 Å². The quantitative estimate of drug-likeness (QED) is 0.469. The fourth-order valence-electron chi connectivity index (χ4n) is 3.91. The van der Waals surface area contributed by atoms with Gasteiger partial charge in [0.15, 0.2) is 0 Å². The second-order valence-electron chi connectivity index (χ2n) is 8.39. The van der Waals surface area contributed by atoms with Crippen LogP contribution in [0.3, 0.4) is 0 Å². The standard InChI is InChI=1S/C27H30N2O5/c1-17(2)16-21(27(32)34-4)28-26(31)24(29-25(30)19-11-6-5-7-12-19)23-20-13-9-8-10-18(20)14-15-22(23)33-3/h5-15,17,21,24H,16H2,1-4H3,(H,28,31)(H,29,30)/t21-,24?/m0/s1. The first kappa shape index (κ1) is 24.8. The molecule has 0 spiro atoms. The Balaban J connectivity index is 2.08. The smallest absolute Gasteiger partial charge is 0.328 e. The second kappa shape index (κ2) is 11.3. The van der Waals surface area contributed by atoms with Gasteiger partial charge in [-0.15, -0.1) is 0 Å². The van der Waals surface area contributed by atoms with Crippen LogP contribution in [0.4, 0.5) is 0 Å². The van der Waals surface area contributed by atoms with E-state index in [1.807, 2.05) is 50.2 Å². The molecule has 0 saturated heterocycles. The normalized spacial score (nSPS) is 12.6. The number of esters is 1. The number of nitrogens with one attached hydrogen (secondary N) is 2. The minimum absolute atomic E-state index is 0.133. The molecule has 7 heteroatoms. The van der Waals surface area contributed by atoms with Crippen LogP contribution < -0.4 is 15.4 Å². The van der Waals surface area contributed by atoms with Gasteiger partial charge in [-0.05, 0) is 41.3 Å². The lowest BCUT2D eigenvalue weighted by molar-refractivity contribution is -0.145. The molecule has 0 saturated carbocycles. The molecule has 0 radical (unpaired) electrons. The lowest BCUT2D eigenvalue weighted by Gasteiger charge is -2.25. The molecule has 178 valence electrons. The number of hydrogen-bond donors (Lipinski definition) is 2. The number of carbonyl (C=O) groups is 3. The number of carbonyl (C=O) groups excluding carboxylic acids is 3. The average Bonchev–Trinajstić information content (AvgIpc) is 2.85. The number of hydrogen-bond acceptors (Lipinski definition) is 5. The summed E-state index contributed by atoms with van der Waals surface area (Å²) in [5.41, 5.74) is 0.918. The minimum atomic E-state index is -1.12. The van der Waals surface area contributed by atoms with Crippen molar-refractivity contribution in [3.05, 3.63) is 77.9 Å². The van der Waals surface area contributed by atoms with E-state index in [1.54, 1.807) is 30.3 Å². The summed E-state index contributed by atoms with van der Waals surface area (Å²) in [6, 6.07) is 17.9. The van der Waals surface area contributed by atoms with E-state index in [4.69, 9.17) is 9.47 Å². The van der Waals surface area contributed by atoms with Crippen LogP contribution in [0.25, 0.3) is 10.8 Å². The largest absolute Gasteiger partial charge is 0.496 e. The molecular weight excluding hydrogens is 432 g/mol. The number of rotatable bonds is 9. The van der Waals surface area contributed by atoms with Crippen molar-refractivity contribution >= 4 is 28.6 Å². The van der Waals surface area contributed by atoms with Crippen molar-refractivity contribution < 1.29 is 23.9 Å². The molecule has 0 aromatic heterocycles. The zero-order valence-electron chi connectivity index (χ0n) is 19.8. The summed E-state index contributed by atoms with van der Waals surface area (Å²) in [6.07, 6.45) is 0.393. The van der Waals surface area contributed by atoms with Crippen molar-refractivity contribution in [2.45, 2.75) is 32.4 Å². The Kier molecular flexibility index (Phi) is 8.24. The van der Waals surface area contributed by atoms with Gasteiger partial charge in [0.1, 0.15) is 17.8 Å². The van der Waals surface area contributed by atoms with Crippen LogP contribution in [0.5, 0.6) is 5.75 Å². The molecule has 3 rings (SSSR count). The Bertz CT molecular complexity index is 1160. The van der Waals surface area contributed by atoms with Gasteiger partial charge < -0.3 is 20.1 Å². The van der Waals surface area contributed by atoms with Crippen LogP contribution in [0, 0.1) is 5.92 Å². The van der Waals surface area contributed by atoms with Gasteiger partial charge in [0.25, 0.3) is 5.91 Å². The van der Waals surface area contributed by atoms with Crippen molar-refractivity contribution in [1.82, 2.24) is 10.6 Å². The molecule has 0 aliphatic rings. The van der Waals surface area contributed by atoms with E-state index in [0.717, 1.165) is 10.8 Å². The number of fused-ring (bicyclic) bond motifs is 1. The number of methoxy groups -OCH3 is 2. The van der Waals surface area contributed by atoms with E-state index >= 15 is 0 Å². The van der Waals surface area contributed by atoms with Crippen LogP contribution in [0.2, 0.25) is 0 Å². The van der Waals surface area contributed by atoms with E-state index < -0.39 is 29.9 Å². The Morgan fingerprint density at radius 3 is 2.18 bits per heavy atom. The molecule has 0 bridgehead atoms. The Labute approximate surface area is 199 Å². The predicted octanol–water partition coefficient (Wildman–Crippen LogP) is 4.02. The zero-order valence-corrected chi connectivity index (χ0v) is 19.8. The third-order valence-electron chi connectivity index (χ3n) is 5.52. The number of amides is 2. The predicted molar refractivity (Wildman–Crippen MR) is 131 cm³/mol. The molecule has 0 aliphatic carbocycles. The van der Waals surface area contributed by atoms with E-state index in [0.29, 0.717) is 23.3 Å². The molecule has 2 amide bonds. The second-order valence-corrected chi connectivity index (χ2v) is 8.39.